The van der Waals surface area contributed by atoms with Gasteiger partial charge in [0.15, 0.2) is 0 Å². The van der Waals surface area contributed by atoms with E-state index >= 15 is 0 Å². The van der Waals surface area contributed by atoms with E-state index in [9.17, 15) is 30.0 Å². The second-order valence-corrected chi connectivity index (χ2v) is 22.3. The molecule has 6 fully saturated rings. The molecule has 1 amide bonds. The van der Waals surface area contributed by atoms with Crippen LogP contribution in [0.1, 0.15) is 138 Å². The Kier molecular flexibility index (Phi) is 17.2. The normalized spacial score (nSPS) is 38.0. The number of carboxylic acids is 1. The molecule has 6 aliphatic carbocycles. The number of methoxy groups -OCH3 is 2. The molecule has 8 rings (SSSR count). The molecule has 67 heavy (non-hydrogen) atoms. The Balaban J connectivity index is 0.000000188. The number of hydrogen-bond acceptors (Lipinski definition) is 9. The van der Waals surface area contributed by atoms with E-state index in [1.807, 2.05) is 12.1 Å². The zero-order valence-electron chi connectivity index (χ0n) is 41.5. The van der Waals surface area contributed by atoms with Crippen molar-refractivity contribution in [1.29, 1.82) is 0 Å². The Morgan fingerprint density at radius 3 is 1.46 bits per heavy atom. The third-order valence-electron chi connectivity index (χ3n) is 19.4. The molecule has 0 spiro atoms. The summed E-state index contributed by atoms with van der Waals surface area (Å²) < 4.78 is 10.1. The topological polar surface area (TPSA) is 192 Å². The zero-order valence-corrected chi connectivity index (χ0v) is 41.5. The highest BCUT2D eigenvalue weighted by Crippen LogP contribution is 2.65. The van der Waals surface area contributed by atoms with Crippen molar-refractivity contribution in [2.45, 2.75) is 130 Å². The number of nitrogens with one attached hydrogen (secondary N) is 1. The molecule has 11 nitrogen and oxygen atoms in total. The quantitative estimate of drug-likeness (QED) is 0.107. The number of allylic oxidation sites excluding steroid dienone is 2. The van der Waals surface area contributed by atoms with Gasteiger partial charge in [-0.2, -0.15) is 0 Å². The first-order chi connectivity index (χ1) is 31.8. The predicted octanol–water partition coefficient (Wildman–Crippen LogP) is 9.08. The molecule has 372 valence electrons. The number of fused-ring (bicyclic) bond motifs is 2. The molecule has 0 aromatic heterocycles. The monoisotopic (exact) mass is 929 g/mol. The third-order valence-corrected chi connectivity index (χ3v) is 19.4. The molecule has 2 aromatic carbocycles. The van der Waals surface area contributed by atoms with Crippen LogP contribution in [0.3, 0.4) is 0 Å². The summed E-state index contributed by atoms with van der Waals surface area (Å²) in [6.45, 7) is 19.9. The Morgan fingerprint density at radius 1 is 0.642 bits per heavy atom. The van der Waals surface area contributed by atoms with Gasteiger partial charge >= 0.3 is 5.97 Å². The second kappa shape index (κ2) is 21.9. The van der Waals surface area contributed by atoms with Gasteiger partial charge in [-0.25, -0.2) is 4.79 Å². The number of rotatable bonds is 11. The van der Waals surface area contributed by atoms with E-state index in [-0.39, 0.29) is 70.4 Å². The van der Waals surface area contributed by atoms with Crippen molar-refractivity contribution in [3.8, 4) is 11.5 Å². The molecule has 0 bridgehead atoms. The Labute approximate surface area is 401 Å². The van der Waals surface area contributed by atoms with Crippen LogP contribution in [-0.2, 0) is 0 Å². The molecule has 0 heterocycles. The lowest BCUT2D eigenvalue weighted by molar-refractivity contribution is -0.0928. The zero-order chi connectivity index (χ0) is 48.9. The molecular formula is C56H84N2O9. The Hall–Kier alpha value is -3.74. The second-order valence-electron chi connectivity index (χ2n) is 22.3. The highest BCUT2D eigenvalue weighted by Gasteiger charge is 2.58. The van der Waals surface area contributed by atoms with Gasteiger partial charge in [0, 0.05) is 25.3 Å². The summed E-state index contributed by atoms with van der Waals surface area (Å²) >= 11 is 0. The van der Waals surface area contributed by atoms with Gasteiger partial charge < -0.3 is 46.1 Å². The fraction of sp³-hybridized carbons (Fsp3) is 0.679. The number of carbonyl (C=O) groups is 2. The van der Waals surface area contributed by atoms with Crippen LogP contribution in [0.2, 0.25) is 0 Å². The van der Waals surface area contributed by atoms with Crippen LogP contribution in [0, 0.1) is 69.0 Å². The molecule has 6 saturated carbocycles. The number of aromatic carboxylic acids is 1. The van der Waals surface area contributed by atoms with Gasteiger partial charge in [-0.05, 0) is 214 Å². The number of carboxylic acid groups (broad SMARTS) is 1. The number of hydrogen-bond donors (Lipinski definition) is 7. The predicted molar refractivity (Wildman–Crippen MR) is 264 cm³/mol. The van der Waals surface area contributed by atoms with Crippen molar-refractivity contribution < 1.29 is 44.6 Å². The molecule has 0 unspecified atom stereocenters. The fourth-order valence-electron chi connectivity index (χ4n) is 14.8. The number of carbonyl (C=O) groups excluding carboxylic acids is 1. The maximum absolute atomic E-state index is 13.0. The summed E-state index contributed by atoms with van der Waals surface area (Å²) in [7, 11) is 3.16. The number of aliphatic hydroxyl groups excluding tert-OH is 4. The smallest absolute Gasteiger partial charge is 0.335 e. The van der Waals surface area contributed by atoms with Crippen molar-refractivity contribution in [2.75, 3.05) is 40.5 Å². The average molecular weight is 929 g/mol. The first-order valence-electron chi connectivity index (χ1n) is 25.3. The molecule has 11 heteroatoms. The van der Waals surface area contributed by atoms with E-state index < -0.39 is 5.97 Å². The molecule has 14 atom stereocenters. The van der Waals surface area contributed by atoms with Crippen LogP contribution in [-0.4, -0.2) is 90.1 Å². The van der Waals surface area contributed by atoms with E-state index in [4.69, 9.17) is 20.3 Å². The summed E-state index contributed by atoms with van der Waals surface area (Å²) in [5.74, 6) is 3.71. The number of benzene rings is 2. The summed E-state index contributed by atoms with van der Waals surface area (Å²) in [6, 6.07) is 13.5. The summed E-state index contributed by atoms with van der Waals surface area (Å²) in [5.41, 5.74) is 10.5. The van der Waals surface area contributed by atoms with Crippen molar-refractivity contribution in [3.05, 3.63) is 84.0 Å². The van der Waals surface area contributed by atoms with E-state index in [0.29, 0.717) is 59.8 Å². The highest BCUT2D eigenvalue weighted by molar-refractivity contribution is 5.94. The van der Waals surface area contributed by atoms with Crippen LogP contribution in [0.15, 0.2) is 72.8 Å². The number of nitrogens with two attached hydrogens (primary N) is 1. The van der Waals surface area contributed by atoms with Crippen LogP contribution in [0.4, 0.5) is 0 Å². The first-order valence-corrected chi connectivity index (χ1v) is 25.3. The molecule has 0 radical (unpaired) electrons. The molecular weight excluding hydrogens is 845 g/mol. The number of ether oxygens (including phenoxy) is 2. The van der Waals surface area contributed by atoms with E-state index in [2.05, 4.69) is 46.2 Å². The van der Waals surface area contributed by atoms with Crippen LogP contribution in [0.25, 0.3) is 0 Å². The molecule has 6 aliphatic rings. The summed E-state index contributed by atoms with van der Waals surface area (Å²) in [5, 5.41) is 52.3. The minimum atomic E-state index is -0.923. The Bertz CT molecular complexity index is 2010. The fourth-order valence-corrected chi connectivity index (χ4v) is 14.8. The first kappa shape index (κ1) is 52.6. The van der Waals surface area contributed by atoms with Crippen LogP contribution in [0.5, 0.6) is 11.5 Å². The van der Waals surface area contributed by atoms with Crippen molar-refractivity contribution in [1.82, 2.24) is 5.32 Å². The van der Waals surface area contributed by atoms with Gasteiger partial charge in [-0.15, -0.1) is 0 Å². The maximum Gasteiger partial charge on any atom is 0.335 e. The summed E-state index contributed by atoms with van der Waals surface area (Å²) in [6.07, 6.45) is 13.7. The van der Waals surface area contributed by atoms with Crippen LogP contribution >= 0.6 is 0 Å². The molecule has 0 aliphatic heterocycles. The minimum Gasteiger partial charge on any atom is -0.497 e. The van der Waals surface area contributed by atoms with Crippen molar-refractivity contribution in [2.24, 2.45) is 74.7 Å². The van der Waals surface area contributed by atoms with Gasteiger partial charge in [-0.1, -0.05) is 52.0 Å². The standard InChI is InChI=1S/C28H41NO4.C20H35NO2.C8H8O3/c1-18-5-10-24-23(16-29-26(32)19-6-8-22(33-4)9-7-19)25(12-14-27(18,24)2)28(3)13-11-21(31)15-20(28)17-30;1-13-4-5-17-16(11-21)18(7-9-19(13,17)2)20(3)8-6-15(23)10-14(20)12-22;1-11-7-4-2-6(3-5-7)8(9)10/h6-9,20-21,23-25,30-31H,1,5,10-17H2,2-4H3,(H,29,32);14-18,22-23H,1,4-12,21H2,2-3H3;2-5H,1H3,(H,9,10)/t20-,21+,23+,24+,25+,27-,28+;14-,15+,16+,17+,18+,19-,20+;/m11./s1. The molecule has 8 N–H and O–H groups in total. The maximum atomic E-state index is 13.0. The lowest BCUT2D eigenvalue weighted by Crippen LogP contribution is -2.53. The van der Waals surface area contributed by atoms with Gasteiger partial charge in [0.05, 0.1) is 32.0 Å². The largest absolute Gasteiger partial charge is 0.497 e. The van der Waals surface area contributed by atoms with E-state index in [1.165, 1.54) is 49.7 Å². The van der Waals surface area contributed by atoms with Gasteiger partial charge in [0.1, 0.15) is 11.5 Å². The summed E-state index contributed by atoms with van der Waals surface area (Å²) in [4.78, 5) is 23.4. The van der Waals surface area contributed by atoms with E-state index in [1.54, 1.807) is 31.4 Å². The van der Waals surface area contributed by atoms with Gasteiger partial charge in [0.25, 0.3) is 5.91 Å². The lowest BCUT2D eigenvalue weighted by Gasteiger charge is -2.56. The molecule has 2 aromatic rings. The minimum absolute atomic E-state index is 0.0330. The SMILES string of the molecule is C=C1CC[C@H]2[C@H](CN)[C@@H]([C@@]3(C)CC[C@H](O)C[C@@H]3CO)CC[C@]12C.C=C1CC[C@H]2[C@H](CNC(=O)c3ccc(OC)cc3)[C@@H]([C@@]3(C)CC[C@H](O)C[C@@H]3CO)CC[C@]12C.COc1ccc(C(=O)O)cc1. The van der Waals surface area contributed by atoms with Gasteiger partial charge in [0.2, 0.25) is 0 Å². The van der Waals surface area contributed by atoms with Crippen molar-refractivity contribution in [3.63, 3.8) is 0 Å². The number of aliphatic hydroxyl groups is 4. The number of amides is 1. The van der Waals surface area contributed by atoms with Crippen molar-refractivity contribution >= 4 is 11.9 Å². The Morgan fingerprint density at radius 2 is 1.06 bits per heavy atom. The molecule has 0 saturated heterocycles. The highest BCUT2D eigenvalue weighted by atomic mass is 16.5. The lowest BCUT2D eigenvalue weighted by atomic mass is 9.49. The van der Waals surface area contributed by atoms with E-state index in [0.717, 1.165) is 76.5 Å². The van der Waals surface area contributed by atoms with Gasteiger partial charge in [-0.3, -0.25) is 4.79 Å². The average Bonchev–Trinajstić information content (AvgIpc) is 3.82. The van der Waals surface area contributed by atoms with Crippen LogP contribution < -0.4 is 20.5 Å². The third kappa shape index (κ3) is 10.7.